The maximum absolute atomic E-state index is 10.5. The molecule has 0 saturated carbocycles. The lowest BCUT2D eigenvalue weighted by atomic mass is 10.1. The smallest absolute Gasteiger partial charge is 0.211 e. The van der Waals surface area contributed by atoms with Gasteiger partial charge in [-0.1, -0.05) is 30.3 Å². The third-order valence-electron chi connectivity index (χ3n) is 4.37. The molecule has 4 rings (SSSR count). The van der Waals surface area contributed by atoms with Gasteiger partial charge in [0.1, 0.15) is 19.3 Å². The van der Waals surface area contributed by atoms with Crippen molar-refractivity contribution in [2.45, 2.75) is 6.42 Å². The fourth-order valence-electron chi connectivity index (χ4n) is 3.09. The van der Waals surface area contributed by atoms with E-state index in [2.05, 4.69) is 21.9 Å². The fourth-order valence-corrected chi connectivity index (χ4v) is 3.09. The van der Waals surface area contributed by atoms with Crippen LogP contribution in [0.4, 0.5) is 11.4 Å². The highest BCUT2D eigenvalue weighted by Gasteiger charge is 2.23. The molecule has 4 nitrogen and oxygen atoms in total. The fraction of sp³-hybridized carbons (Fsp3) is 0.158. The molecule has 23 heavy (non-hydrogen) atoms. The number of aromatic hydroxyl groups is 1. The van der Waals surface area contributed by atoms with Crippen molar-refractivity contribution in [3.8, 4) is 5.75 Å². The van der Waals surface area contributed by atoms with E-state index in [-0.39, 0.29) is 5.75 Å². The van der Waals surface area contributed by atoms with Gasteiger partial charge in [-0.25, -0.2) is 4.58 Å². The Balaban J connectivity index is 1.75. The van der Waals surface area contributed by atoms with Crippen LogP contribution in [0.25, 0.3) is 11.6 Å². The van der Waals surface area contributed by atoms with Crippen LogP contribution >= 0.6 is 0 Å². The zero-order valence-corrected chi connectivity index (χ0v) is 13.0. The van der Waals surface area contributed by atoms with Crippen LogP contribution in [-0.4, -0.2) is 24.9 Å². The van der Waals surface area contributed by atoms with E-state index in [1.807, 2.05) is 54.9 Å². The van der Waals surface area contributed by atoms with Crippen LogP contribution < -0.4 is 20.5 Å². The van der Waals surface area contributed by atoms with E-state index in [9.17, 15) is 5.11 Å². The maximum Gasteiger partial charge on any atom is 0.211 e. The van der Waals surface area contributed by atoms with E-state index in [1.54, 1.807) is 0 Å². The molecule has 114 valence electrons. The number of nitrogens with one attached hydrogen (secondary N) is 1. The lowest BCUT2D eigenvalue weighted by Gasteiger charge is -2.09. The Morgan fingerprint density at radius 2 is 2.09 bits per heavy atom. The first-order valence-corrected chi connectivity index (χ1v) is 7.73. The van der Waals surface area contributed by atoms with Crippen molar-refractivity contribution in [1.29, 1.82) is 0 Å². The molecule has 2 aliphatic heterocycles. The number of benzene rings is 2. The second kappa shape index (κ2) is 5.39. The van der Waals surface area contributed by atoms with Crippen molar-refractivity contribution >= 4 is 29.2 Å². The number of hydrogen-bond donors (Lipinski definition) is 2. The lowest BCUT2D eigenvalue weighted by molar-refractivity contribution is 0.478. The van der Waals surface area contributed by atoms with Gasteiger partial charge < -0.3 is 10.4 Å². The third kappa shape index (κ3) is 2.32. The lowest BCUT2D eigenvalue weighted by Crippen LogP contribution is -2.42. The van der Waals surface area contributed by atoms with E-state index in [4.69, 9.17) is 0 Å². The first kappa shape index (κ1) is 13.8. The van der Waals surface area contributed by atoms with Gasteiger partial charge in [-0.05, 0) is 17.2 Å². The molecule has 0 bridgehead atoms. The first-order valence-electron chi connectivity index (χ1n) is 7.73. The Morgan fingerprint density at radius 1 is 1.26 bits per heavy atom. The van der Waals surface area contributed by atoms with Gasteiger partial charge in [0.25, 0.3) is 0 Å². The summed E-state index contributed by atoms with van der Waals surface area (Å²) in [7, 11) is 2.07. The number of phenolic OH excluding ortho intramolecular Hbond substituents is 1. The van der Waals surface area contributed by atoms with Crippen LogP contribution in [-0.2, 0) is 0 Å². The molecule has 4 heteroatoms. The number of rotatable bonds is 3. The third-order valence-corrected chi connectivity index (χ3v) is 4.37. The van der Waals surface area contributed by atoms with E-state index < -0.39 is 0 Å². The molecule has 0 spiro atoms. The summed E-state index contributed by atoms with van der Waals surface area (Å²) in [6, 6.07) is 12.0. The predicted octanol–water partition coefficient (Wildman–Crippen LogP) is 1.87. The summed E-state index contributed by atoms with van der Waals surface area (Å²) in [5.41, 5.74) is 3.68. The van der Waals surface area contributed by atoms with Crippen molar-refractivity contribution in [3.05, 3.63) is 58.7 Å². The molecule has 0 amide bonds. The quantitative estimate of drug-likeness (QED) is 0.672. The molecule has 0 radical (unpaired) electrons. The second-order valence-corrected chi connectivity index (χ2v) is 5.86. The zero-order chi connectivity index (χ0) is 15.8. The van der Waals surface area contributed by atoms with Gasteiger partial charge in [0.2, 0.25) is 5.36 Å². The van der Waals surface area contributed by atoms with E-state index in [0.29, 0.717) is 11.4 Å². The van der Waals surface area contributed by atoms with E-state index in [0.717, 1.165) is 29.1 Å². The van der Waals surface area contributed by atoms with Crippen LogP contribution in [0, 0.1) is 0 Å². The second-order valence-electron chi connectivity index (χ2n) is 5.86. The number of hydrogen-bond acceptors (Lipinski definition) is 3. The molecular formula is C19H18N3O+. The molecule has 0 saturated heterocycles. The summed E-state index contributed by atoms with van der Waals surface area (Å²) in [5, 5.41) is 15.9. The minimum atomic E-state index is 0.211. The van der Waals surface area contributed by atoms with Crippen molar-refractivity contribution in [3.63, 3.8) is 0 Å². The minimum absolute atomic E-state index is 0.211. The molecule has 2 heterocycles. The molecular weight excluding hydrogens is 286 g/mol. The van der Waals surface area contributed by atoms with Crippen molar-refractivity contribution in [2.75, 3.05) is 18.9 Å². The number of nitrogens with zero attached hydrogens (tertiary/aromatic N) is 2. The topological polar surface area (TPSA) is 47.6 Å². The monoisotopic (exact) mass is 304 g/mol. The van der Waals surface area contributed by atoms with Crippen molar-refractivity contribution in [2.24, 2.45) is 4.99 Å². The Bertz CT molecular complexity index is 956. The minimum Gasteiger partial charge on any atom is -0.504 e. The molecule has 0 unspecified atom stereocenters. The normalized spacial score (nSPS) is 15.3. The van der Waals surface area contributed by atoms with Crippen LogP contribution in [0.1, 0.15) is 12.0 Å². The van der Waals surface area contributed by atoms with Crippen LogP contribution in [0.15, 0.2) is 47.6 Å². The average Bonchev–Trinajstić information content (AvgIpc) is 3.00. The highest BCUT2D eigenvalue weighted by molar-refractivity contribution is 6.08. The van der Waals surface area contributed by atoms with Gasteiger partial charge in [-0.15, -0.1) is 0 Å². The highest BCUT2D eigenvalue weighted by Crippen LogP contribution is 2.32. The van der Waals surface area contributed by atoms with Gasteiger partial charge in [0.05, 0.1) is 10.9 Å². The molecule has 0 fully saturated rings. The van der Waals surface area contributed by atoms with Crippen LogP contribution in [0.2, 0.25) is 0 Å². The van der Waals surface area contributed by atoms with Crippen molar-refractivity contribution in [1.82, 2.24) is 4.58 Å². The van der Waals surface area contributed by atoms with Gasteiger partial charge >= 0.3 is 0 Å². The predicted molar refractivity (Wildman–Crippen MR) is 94.7 cm³/mol. The van der Waals surface area contributed by atoms with Crippen molar-refractivity contribution < 1.29 is 5.11 Å². The molecule has 2 aliphatic rings. The summed E-state index contributed by atoms with van der Waals surface area (Å²) >= 11 is 0. The molecule has 0 atom stereocenters. The molecule has 0 aliphatic carbocycles. The molecule has 2 aromatic rings. The average molecular weight is 304 g/mol. The Labute approximate surface area is 134 Å². The van der Waals surface area contributed by atoms with Crippen LogP contribution in [0.5, 0.6) is 5.75 Å². The standard InChI is InChI=1S/C19H17N3O/c1-22-10-8-14-12-21-18-17(14)16(22)11-15(19(18)23)20-9-7-13-5-3-2-4-6-13/h2-7,9,11-12H,8,10H2,1H3,(H,20,21,23)/p+1. The van der Waals surface area contributed by atoms with E-state index in [1.165, 1.54) is 5.57 Å². The largest absolute Gasteiger partial charge is 0.504 e. The zero-order valence-electron chi connectivity index (χ0n) is 13.0. The number of phenols is 1. The number of anilines is 1. The van der Waals surface area contributed by atoms with Gasteiger partial charge in [-0.3, -0.25) is 4.99 Å². The van der Waals surface area contributed by atoms with Crippen LogP contribution in [0.3, 0.4) is 0 Å². The SMILES string of the molecule is C[N+]1=c2cc(NC=Cc3ccccc3)c(O)c3c2=C(C=N3)CC1. The first-order chi connectivity index (χ1) is 11.2. The summed E-state index contributed by atoms with van der Waals surface area (Å²) in [4.78, 5) is 4.41. The summed E-state index contributed by atoms with van der Waals surface area (Å²) < 4.78 is 2.21. The van der Waals surface area contributed by atoms with Gasteiger partial charge in [0, 0.05) is 24.9 Å². The highest BCUT2D eigenvalue weighted by atomic mass is 16.3. The molecule has 2 aromatic carbocycles. The van der Waals surface area contributed by atoms with Gasteiger partial charge in [-0.2, -0.15) is 0 Å². The summed E-state index contributed by atoms with van der Waals surface area (Å²) in [5.74, 6) is 0.211. The van der Waals surface area contributed by atoms with Gasteiger partial charge in [0.15, 0.2) is 5.75 Å². The summed E-state index contributed by atoms with van der Waals surface area (Å²) in [6.45, 7) is 0.970. The van der Waals surface area contributed by atoms with E-state index >= 15 is 0 Å². The summed E-state index contributed by atoms with van der Waals surface area (Å²) in [6.07, 6.45) is 6.67. The maximum atomic E-state index is 10.5. The molecule has 0 aromatic heterocycles. The number of aliphatic imine (C=N–C) groups is 1. The Hall–Kier alpha value is -2.88. The molecule has 2 N–H and O–H groups in total. The Morgan fingerprint density at radius 3 is 2.91 bits per heavy atom. The Kier molecular flexibility index (Phi) is 3.23.